The van der Waals surface area contributed by atoms with E-state index in [0.717, 1.165) is 5.56 Å². The lowest BCUT2D eigenvalue weighted by molar-refractivity contribution is -0.116. The van der Waals surface area contributed by atoms with Crippen molar-refractivity contribution in [3.8, 4) is 0 Å². The van der Waals surface area contributed by atoms with Gasteiger partial charge < -0.3 is 9.84 Å². The van der Waals surface area contributed by atoms with E-state index in [9.17, 15) is 9.59 Å². The van der Waals surface area contributed by atoms with Crippen molar-refractivity contribution >= 4 is 22.5 Å². The van der Waals surface area contributed by atoms with Gasteiger partial charge in [0.1, 0.15) is 17.9 Å². The monoisotopic (exact) mass is 312 g/mol. The molecule has 1 aromatic carbocycles. The number of fused-ring (bicyclic) bond motifs is 1. The molecule has 23 heavy (non-hydrogen) atoms. The summed E-state index contributed by atoms with van der Waals surface area (Å²) in [5.74, 6) is 0.186. The average molecular weight is 312 g/mol. The quantitative estimate of drug-likeness (QED) is 0.798. The largest absolute Gasteiger partial charge is 0.359 e. The van der Waals surface area contributed by atoms with Gasteiger partial charge in [-0.05, 0) is 32.4 Å². The first kappa shape index (κ1) is 15.0. The molecule has 0 aliphatic carbocycles. The number of benzene rings is 1. The van der Waals surface area contributed by atoms with Crippen LogP contribution in [0.4, 0.5) is 5.69 Å². The van der Waals surface area contributed by atoms with E-state index in [1.54, 1.807) is 26.0 Å². The highest BCUT2D eigenvalue weighted by atomic mass is 16.5. The summed E-state index contributed by atoms with van der Waals surface area (Å²) in [4.78, 5) is 28.9. The number of carbonyl (C=O) groups excluding carboxylic acids is 1. The summed E-state index contributed by atoms with van der Waals surface area (Å²) in [5.41, 5.74) is 2.46. The number of aryl methyl sites for hydroxylation is 3. The van der Waals surface area contributed by atoms with Crippen molar-refractivity contribution in [2.75, 3.05) is 5.32 Å². The Balaban J connectivity index is 1.89. The van der Waals surface area contributed by atoms with E-state index >= 15 is 0 Å². The number of nitrogens with zero attached hydrogens (tertiary/aromatic N) is 3. The molecule has 0 aliphatic heterocycles. The molecule has 0 atom stereocenters. The van der Waals surface area contributed by atoms with Crippen molar-refractivity contribution in [1.29, 1.82) is 0 Å². The molecule has 0 saturated carbocycles. The van der Waals surface area contributed by atoms with Crippen LogP contribution in [0.1, 0.15) is 17.0 Å². The third-order valence-corrected chi connectivity index (χ3v) is 3.67. The van der Waals surface area contributed by atoms with Crippen LogP contribution in [0.2, 0.25) is 0 Å². The van der Waals surface area contributed by atoms with Gasteiger partial charge in [0, 0.05) is 0 Å². The van der Waals surface area contributed by atoms with Gasteiger partial charge in [0.2, 0.25) is 5.91 Å². The summed E-state index contributed by atoms with van der Waals surface area (Å²) in [7, 11) is 0. The van der Waals surface area contributed by atoms with Crippen LogP contribution in [0, 0.1) is 20.8 Å². The Labute approximate surface area is 131 Å². The van der Waals surface area contributed by atoms with Crippen molar-refractivity contribution in [3.05, 3.63) is 51.9 Å². The lowest BCUT2D eigenvalue weighted by Gasteiger charge is -2.08. The lowest BCUT2D eigenvalue weighted by Crippen LogP contribution is -2.28. The Hall–Kier alpha value is -2.96. The maximum atomic E-state index is 12.5. The smallest absolute Gasteiger partial charge is 0.261 e. The number of para-hydroxylation sites is 1. The van der Waals surface area contributed by atoms with Gasteiger partial charge in [-0.2, -0.15) is 0 Å². The molecule has 0 radical (unpaired) electrons. The molecule has 0 bridgehead atoms. The Morgan fingerprint density at radius 1 is 1.30 bits per heavy atom. The summed E-state index contributed by atoms with van der Waals surface area (Å²) in [6.07, 6.45) is 1.39. The fraction of sp³-hybridized carbons (Fsp3) is 0.250. The van der Waals surface area contributed by atoms with Crippen LogP contribution >= 0.6 is 0 Å². The molecule has 7 nitrogen and oxygen atoms in total. The van der Waals surface area contributed by atoms with E-state index in [-0.39, 0.29) is 18.0 Å². The topological polar surface area (TPSA) is 90.0 Å². The van der Waals surface area contributed by atoms with E-state index in [1.807, 2.05) is 13.0 Å². The maximum absolute atomic E-state index is 12.5. The van der Waals surface area contributed by atoms with Crippen molar-refractivity contribution < 1.29 is 9.32 Å². The van der Waals surface area contributed by atoms with Crippen LogP contribution in [0.15, 0.2) is 33.8 Å². The highest BCUT2D eigenvalue weighted by Gasteiger charge is 2.14. The first-order valence-electron chi connectivity index (χ1n) is 7.15. The molecule has 0 fully saturated rings. The summed E-state index contributed by atoms with van der Waals surface area (Å²) in [5, 5.41) is 6.98. The summed E-state index contributed by atoms with van der Waals surface area (Å²) in [6.45, 7) is 5.21. The van der Waals surface area contributed by atoms with Gasteiger partial charge in [-0.3, -0.25) is 14.2 Å². The van der Waals surface area contributed by atoms with E-state index < -0.39 is 0 Å². The zero-order chi connectivity index (χ0) is 16.6. The van der Waals surface area contributed by atoms with Crippen LogP contribution in [0.5, 0.6) is 0 Å². The van der Waals surface area contributed by atoms with Crippen molar-refractivity contribution in [2.24, 2.45) is 0 Å². The minimum Gasteiger partial charge on any atom is -0.359 e. The Morgan fingerprint density at radius 2 is 2.09 bits per heavy atom. The highest BCUT2D eigenvalue weighted by Crippen LogP contribution is 2.18. The van der Waals surface area contributed by atoms with E-state index in [0.29, 0.717) is 28.0 Å². The standard InChI is InChI=1S/C16H16N4O3/c1-9-5-4-6-12-14(9)17-8-20(16(12)22)7-13(21)18-15-10(2)19-23-11(15)3/h4-6,8H,7H2,1-3H3,(H,18,21). The van der Waals surface area contributed by atoms with Crippen LogP contribution in [0.3, 0.4) is 0 Å². The molecule has 0 aliphatic rings. The van der Waals surface area contributed by atoms with Crippen LogP contribution in [-0.4, -0.2) is 20.6 Å². The number of hydrogen-bond acceptors (Lipinski definition) is 5. The van der Waals surface area contributed by atoms with Gasteiger partial charge in [-0.25, -0.2) is 4.98 Å². The molecule has 1 N–H and O–H groups in total. The molecule has 2 heterocycles. The molecular weight excluding hydrogens is 296 g/mol. The maximum Gasteiger partial charge on any atom is 0.261 e. The molecule has 7 heteroatoms. The Bertz CT molecular complexity index is 936. The van der Waals surface area contributed by atoms with E-state index in [4.69, 9.17) is 4.52 Å². The summed E-state index contributed by atoms with van der Waals surface area (Å²) < 4.78 is 6.28. The average Bonchev–Trinajstić information content (AvgIpc) is 2.83. The second kappa shape index (κ2) is 5.68. The normalized spacial score (nSPS) is 10.9. The van der Waals surface area contributed by atoms with Crippen molar-refractivity contribution in [1.82, 2.24) is 14.7 Å². The SMILES string of the molecule is Cc1noc(C)c1NC(=O)Cn1cnc2c(C)cccc2c1=O. The number of rotatable bonds is 3. The fourth-order valence-corrected chi connectivity index (χ4v) is 2.45. The van der Waals surface area contributed by atoms with Gasteiger partial charge >= 0.3 is 0 Å². The second-order valence-corrected chi connectivity index (χ2v) is 5.40. The van der Waals surface area contributed by atoms with Crippen molar-refractivity contribution in [3.63, 3.8) is 0 Å². The van der Waals surface area contributed by atoms with Gasteiger partial charge in [0.25, 0.3) is 5.56 Å². The summed E-state index contributed by atoms with van der Waals surface area (Å²) in [6, 6.07) is 5.40. The number of amides is 1. The molecule has 1 amide bonds. The molecule has 3 aromatic rings. The minimum atomic E-state index is -0.338. The number of nitrogens with one attached hydrogen (secondary N) is 1. The first-order chi connectivity index (χ1) is 11.0. The number of anilines is 1. The third kappa shape index (κ3) is 2.73. The Morgan fingerprint density at radius 3 is 2.78 bits per heavy atom. The van der Waals surface area contributed by atoms with Gasteiger partial charge in [0.05, 0.1) is 17.2 Å². The van der Waals surface area contributed by atoms with Gasteiger partial charge in [0.15, 0.2) is 5.76 Å². The molecule has 0 saturated heterocycles. The van der Waals surface area contributed by atoms with Crippen LogP contribution in [0.25, 0.3) is 10.9 Å². The fourth-order valence-electron chi connectivity index (χ4n) is 2.45. The number of aromatic nitrogens is 3. The molecule has 0 spiro atoms. The third-order valence-electron chi connectivity index (χ3n) is 3.67. The van der Waals surface area contributed by atoms with E-state index in [2.05, 4.69) is 15.5 Å². The second-order valence-electron chi connectivity index (χ2n) is 5.40. The molecular formula is C16H16N4O3. The number of hydrogen-bond donors (Lipinski definition) is 1. The molecule has 3 rings (SSSR count). The van der Waals surface area contributed by atoms with Gasteiger partial charge in [-0.15, -0.1) is 0 Å². The first-order valence-corrected chi connectivity index (χ1v) is 7.15. The van der Waals surface area contributed by atoms with Crippen molar-refractivity contribution in [2.45, 2.75) is 27.3 Å². The molecule has 2 aromatic heterocycles. The van der Waals surface area contributed by atoms with Crippen LogP contribution in [-0.2, 0) is 11.3 Å². The van der Waals surface area contributed by atoms with Crippen LogP contribution < -0.4 is 10.9 Å². The Kier molecular flexibility index (Phi) is 3.69. The zero-order valence-electron chi connectivity index (χ0n) is 13.1. The molecule has 118 valence electrons. The number of carbonyl (C=O) groups is 1. The zero-order valence-corrected chi connectivity index (χ0v) is 13.1. The highest BCUT2D eigenvalue weighted by molar-refractivity contribution is 5.91. The predicted octanol–water partition coefficient (Wildman–Crippen LogP) is 1.95. The molecule has 0 unspecified atom stereocenters. The van der Waals surface area contributed by atoms with Gasteiger partial charge in [-0.1, -0.05) is 17.3 Å². The minimum absolute atomic E-state index is 0.125. The predicted molar refractivity (Wildman–Crippen MR) is 85.3 cm³/mol. The lowest BCUT2D eigenvalue weighted by atomic mass is 10.1. The van der Waals surface area contributed by atoms with E-state index in [1.165, 1.54) is 10.9 Å². The summed E-state index contributed by atoms with van der Waals surface area (Å²) >= 11 is 0.